The van der Waals surface area contributed by atoms with Gasteiger partial charge in [0.25, 0.3) is 0 Å². The van der Waals surface area contributed by atoms with Crippen molar-refractivity contribution in [3.8, 4) is 11.5 Å². The van der Waals surface area contributed by atoms with Crippen LogP contribution in [0.5, 0.6) is 11.5 Å². The normalized spacial score (nSPS) is 26.8. The second-order valence-corrected chi connectivity index (χ2v) is 4.13. The summed E-state index contributed by atoms with van der Waals surface area (Å²) in [5.41, 5.74) is 1.15. The third-order valence-corrected chi connectivity index (χ3v) is 3.23. The van der Waals surface area contributed by atoms with Crippen LogP contribution in [0.3, 0.4) is 0 Å². The quantitative estimate of drug-likeness (QED) is 0.733. The molecule has 1 aromatic rings. The minimum Gasteiger partial charge on any atom is -0.507 e. The Labute approximate surface area is 92.8 Å². The molecule has 4 heteroatoms. The zero-order chi connectivity index (χ0) is 11.1. The molecule has 16 heavy (non-hydrogen) atoms. The van der Waals surface area contributed by atoms with Gasteiger partial charge in [0, 0.05) is 5.56 Å². The Balaban J connectivity index is 2.13. The number of ether oxygens (including phenoxy) is 2. The monoisotopic (exact) mass is 220 g/mol. The molecule has 2 aliphatic heterocycles. The van der Waals surface area contributed by atoms with Crippen LogP contribution in [0, 0.1) is 0 Å². The topological polar surface area (TPSA) is 55.8 Å². The van der Waals surface area contributed by atoms with Gasteiger partial charge in [-0.2, -0.15) is 0 Å². The molecule has 0 spiro atoms. The first-order valence-electron chi connectivity index (χ1n) is 5.40. The number of fused-ring (bicyclic) bond motifs is 3. The van der Waals surface area contributed by atoms with E-state index in [4.69, 9.17) is 9.47 Å². The van der Waals surface area contributed by atoms with E-state index in [2.05, 4.69) is 0 Å². The average Bonchev–Trinajstić information content (AvgIpc) is 2.68. The van der Waals surface area contributed by atoms with Crippen LogP contribution in [0.15, 0.2) is 12.1 Å². The van der Waals surface area contributed by atoms with Gasteiger partial charge in [-0.3, -0.25) is 4.79 Å². The number of aromatic hydroxyl groups is 1. The van der Waals surface area contributed by atoms with E-state index in [1.165, 1.54) is 6.07 Å². The largest absolute Gasteiger partial charge is 0.507 e. The second kappa shape index (κ2) is 3.49. The lowest BCUT2D eigenvalue weighted by Crippen LogP contribution is -2.27. The van der Waals surface area contributed by atoms with Gasteiger partial charge in [-0.15, -0.1) is 0 Å². The van der Waals surface area contributed by atoms with Crippen molar-refractivity contribution in [2.45, 2.75) is 25.0 Å². The van der Waals surface area contributed by atoms with Gasteiger partial charge < -0.3 is 14.6 Å². The minimum absolute atomic E-state index is 0.0172. The maximum atomic E-state index is 11.0. The summed E-state index contributed by atoms with van der Waals surface area (Å²) in [6.45, 7) is 0.692. The number of phenols is 1. The molecule has 1 saturated heterocycles. The Hall–Kier alpha value is -1.55. The van der Waals surface area contributed by atoms with Crippen LogP contribution >= 0.6 is 0 Å². The highest BCUT2D eigenvalue weighted by atomic mass is 16.7. The van der Waals surface area contributed by atoms with Crippen molar-refractivity contribution in [3.63, 3.8) is 0 Å². The number of aldehydes is 1. The summed E-state index contributed by atoms with van der Waals surface area (Å²) in [7, 11) is 0. The molecule has 1 N–H and O–H groups in total. The molecule has 3 rings (SSSR count). The lowest BCUT2D eigenvalue weighted by atomic mass is 9.90. The van der Waals surface area contributed by atoms with E-state index in [1.54, 1.807) is 6.07 Å². The van der Waals surface area contributed by atoms with Gasteiger partial charge in [0.05, 0.1) is 18.1 Å². The van der Waals surface area contributed by atoms with E-state index in [0.29, 0.717) is 24.2 Å². The molecule has 2 atom stereocenters. The fourth-order valence-corrected chi connectivity index (χ4v) is 2.49. The second-order valence-electron chi connectivity index (χ2n) is 4.13. The van der Waals surface area contributed by atoms with Crippen LogP contribution in [-0.2, 0) is 4.74 Å². The maximum absolute atomic E-state index is 11.0. The Kier molecular flexibility index (Phi) is 2.11. The summed E-state index contributed by atoms with van der Waals surface area (Å²) >= 11 is 0. The molecule has 84 valence electrons. The van der Waals surface area contributed by atoms with Gasteiger partial charge >= 0.3 is 0 Å². The van der Waals surface area contributed by atoms with E-state index in [-0.39, 0.29) is 18.0 Å². The van der Waals surface area contributed by atoms with Crippen LogP contribution in [0.25, 0.3) is 0 Å². The number of carbonyl (C=O) groups excluding carboxylic acids is 1. The van der Waals surface area contributed by atoms with E-state index in [1.807, 2.05) is 0 Å². The van der Waals surface area contributed by atoms with Crippen molar-refractivity contribution in [1.82, 2.24) is 0 Å². The lowest BCUT2D eigenvalue weighted by Gasteiger charge is -2.24. The molecule has 0 saturated carbocycles. The van der Waals surface area contributed by atoms with Crippen LogP contribution in [-0.4, -0.2) is 24.3 Å². The molecule has 0 bridgehead atoms. The summed E-state index contributed by atoms with van der Waals surface area (Å²) < 4.78 is 11.1. The molecular formula is C12H12O4. The number of carbonyl (C=O) groups is 1. The Morgan fingerprint density at radius 3 is 3.12 bits per heavy atom. The fourth-order valence-electron chi connectivity index (χ4n) is 2.49. The zero-order valence-corrected chi connectivity index (χ0v) is 8.68. The molecule has 2 aliphatic rings. The molecular weight excluding hydrogens is 208 g/mol. The van der Waals surface area contributed by atoms with Crippen molar-refractivity contribution < 1.29 is 19.4 Å². The number of phenolic OH excluding ortho intramolecular Hbond substituents is 1. The average molecular weight is 220 g/mol. The Bertz CT molecular complexity index is 441. The van der Waals surface area contributed by atoms with Gasteiger partial charge in [0.15, 0.2) is 6.29 Å². The standard InChI is InChI=1S/C12H12O4/c13-6-8-9(14)3-4-10-11(8)7-2-1-5-15-12(7)16-10/h3-4,6-7,12,14H,1-2,5H2. The molecule has 4 nitrogen and oxygen atoms in total. The molecule has 0 radical (unpaired) electrons. The smallest absolute Gasteiger partial charge is 0.206 e. The van der Waals surface area contributed by atoms with E-state index < -0.39 is 0 Å². The highest BCUT2D eigenvalue weighted by Crippen LogP contribution is 2.46. The highest BCUT2D eigenvalue weighted by Gasteiger charge is 2.39. The Morgan fingerprint density at radius 2 is 2.31 bits per heavy atom. The summed E-state index contributed by atoms with van der Waals surface area (Å²) in [5, 5.41) is 9.64. The molecule has 0 amide bonds. The molecule has 0 aliphatic carbocycles. The number of rotatable bonds is 1. The van der Waals surface area contributed by atoms with Crippen molar-refractivity contribution in [2.24, 2.45) is 0 Å². The van der Waals surface area contributed by atoms with Crippen molar-refractivity contribution in [3.05, 3.63) is 23.3 Å². The number of hydrogen-bond acceptors (Lipinski definition) is 4. The molecule has 0 aromatic heterocycles. The van der Waals surface area contributed by atoms with Crippen LogP contribution in [0.1, 0.15) is 34.7 Å². The SMILES string of the molecule is O=Cc1c(O)ccc2c1C1CCCOC1O2. The summed E-state index contributed by atoms with van der Waals surface area (Å²) in [6.07, 6.45) is 2.29. The number of benzene rings is 1. The third-order valence-electron chi connectivity index (χ3n) is 3.23. The highest BCUT2D eigenvalue weighted by molar-refractivity contribution is 5.83. The Morgan fingerprint density at radius 1 is 1.44 bits per heavy atom. The summed E-state index contributed by atoms with van der Waals surface area (Å²) in [4.78, 5) is 11.0. The van der Waals surface area contributed by atoms with Gasteiger partial charge in [0.2, 0.25) is 6.29 Å². The number of hydrogen-bond donors (Lipinski definition) is 1. The molecule has 1 fully saturated rings. The van der Waals surface area contributed by atoms with E-state index >= 15 is 0 Å². The predicted molar refractivity (Wildman–Crippen MR) is 55.8 cm³/mol. The van der Waals surface area contributed by atoms with E-state index in [0.717, 1.165) is 18.4 Å². The third kappa shape index (κ3) is 1.23. The minimum atomic E-state index is -0.288. The van der Waals surface area contributed by atoms with Crippen LogP contribution in [0.4, 0.5) is 0 Å². The van der Waals surface area contributed by atoms with Crippen molar-refractivity contribution >= 4 is 6.29 Å². The van der Waals surface area contributed by atoms with Gasteiger partial charge in [-0.05, 0) is 25.0 Å². The summed E-state index contributed by atoms with van der Waals surface area (Å²) in [5.74, 6) is 0.761. The van der Waals surface area contributed by atoms with Gasteiger partial charge in [-0.1, -0.05) is 0 Å². The predicted octanol–water partition coefficient (Wildman–Crippen LogP) is 1.82. The summed E-state index contributed by atoms with van der Waals surface area (Å²) in [6, 6.07) is 3.18. The van der Waals surface area contributed by atoms with Crippen LogP contribution in [0.2, 0.25) is 0 Å². The first-order valence-corrected chi connectivity index (χ1v) is 5.40. The van der Waals surface area contributed by atoms with E-state index in [9.17, 15) is 9.90 Å². The van der Waals surface area contributed by atoms with Gasteiger partial charge in [0.1, 0.15) is 11.5 Å². The molecule has 2 heterocycles. The first kappa shape index (κ1) is 9.66. The fraction of sp³-hybridized carbons (Fsp3) is 0.417. The van der Waals surface area contributed by atoms with Crippen molar-refractivity contribution in [2.75, 3.05) is 6.61 Å². The molecule has 1 aromatic carbocycles. The maximum Gasteiger partial charge on any atom is 0.206 e. The first-order chi connectivity index (χ1) is 7.81. The zero-order valence-electron chi connectivity index (χ0n) is 8.68. The van der Waals surface area contributed by atoms with Crippen molar-refractivity contribution in [1.29, 1.82) is 0 Å². The lowest BCUT2D eigenvalue weighted by molar-refractivity contribution is -0.104. The van der Waals surface area contributed by atoms with Gasteiger partial charge in [-0.25, -0.2) is 0 Å². The van der Waals surface area contributed by atoms with Crippen LogP contribution < -0.4 is 4.74 Å². The molecule has 2 unspecified atom stereocenters.